The normalized spacial score (nSPS) is 14.8. The maximum absolute atomic E-state index is 5.05. The summed E-state index contributed by atoms with van der Waals surface area (Å²) in [6.07, 6.45) is 0. The molecule has 31 heavy (non-hydrogen) atoms. The van der Waals surface area contributed by atoms with Gasteiger partial charge < -0.3 is 4.90 Å². The van der Waals surface area contributed by atoms with Gasteiger partial charge in [-0.15, -0.1) is 0 Å². The predicted octanol–water partition coefficient (Wildman–Crippen LogP) is 5.24. The standard InChI is InChI=1S/C27H28N4/c1-20-12-13-22(18-21(20)2)19-30-14-16-31(17-15-30)27-26(23-8-4-3-5-9-23)28-24-10-6-7-11-25(24)29-27/h3-13,18H,14-17,19H2,1-2H3. The Labute approximate surface area is 184 Å². The summed E-state index contributed by atoms with van der Waals surface area (Å²) in [5, 5.41) is 0. The van der Waals surface area contributed by atoms with Crippen LogP contribution in [0.4, 0.5) is 5.82 Å². The van der Waals surface area contributed by atoms with Crippen LogP contribution < -0.4 is 4.90 Å². The van der Waals surface area contributed by atoms with Crippen molar-refractivity contribution in [3.63, 3.8) is 0 Å². The van der Waals surface area contributed by atoms with Crippen LogP contribution in [0.2, 0.25) is 0 Å². The van der Waals surface area contributed by atoms with Crippen molar-refractivity contribution in [2.45, 2.75) is 20.4 Å². The molecule has 0 aliphatic carbocycles. The van der Waals surface area contributed by atoms with E-state index in [0.717, 1.165) is 60.8 Å². The molecule has 0 bridgehead atoms. The van der Waals surface area contributed by atoms with E-state index in [-0.39, 0.29) is 0 Å². The molecule has 1 saturated heterocycles. The molecule has 5 rings (SSSR count). The Morgan fingerprint density at radius 2 is 1.39 bits per heavy atom. The Kier molecular flexibility index (Phi) is 5.39. The van der Waals surface area contributed by atoms with Crippen molar-refractivity contribution in [1.29, 1.82) is 0 Å². The lowest BCUT2D eigenvalue weighted by Gasteiger charge is -2.36. The van der Waals surface area contributed by atoms with Gasteiger partial charge in [0, 0.05) is 38.3 Å². The van der Waals surface area contributed by atoms with Gasteiger partial charge in [-0.1, -0.05) is 60.7 Å². The number of anilines is 1. The number of hydrogen-bond acceptors (Lipinski definition) is 4. The number of piperazine rings is 1. The van der Waals surface area contributed by atoms with Gasteiger partial charge >= 0.3 is 0 Å². The molecular weight excluding hydrogens is 380 g/mol. The minimum atomic E-state index is 0.943. The fourth-order valence-electron chi connectivity index (χ4n) is 4.28. The van der Waals surface area contributed by atoms with Crippen LogP contribution in [0.1, 0.15) is 16.7 Å². The molecule has 2 heterocycles. The Hall–Kier alpha value is -3.24. The van der Waals surface area contributed by atoms with E-state index in [1.54, 1.807) is 0 Å². The first-order chi connectivity index (χ1) is 15.2. The largest absolute Gasteiger partial charge is 0.352 e. The molecule has 1 aliphatic rings. The third kappa shape index (κ3) is 4.17. The van der Waals surface area contributed by atoms with Crippen LogP contribution in [0.25, 0.3) is 22.3 Å². The maximum atomic E-state index is 5.05. The summed E-state index contributed by atoms with van der Waals surface area (Å²) in [6.45, 7) is 9.33. The zero-order chi connectivity index (χ0) is 21.2. The minimum Gasteiger partial charge on any atom is -0.352 e. The molecule has 0 radical (unpaired) electrons. The average Bonchev–Trinajstić information content (AvgIpc) is 2.82. The number of rotatable bonds is 4. The van der Waals surface area contributed by atoms with Crippen molar-refractivity contribution >= 4 is 16.9 Å². The fourth-order valence-corrected chi connectivity index (χ4v) is 4.28. The first kappa shape index (κ1) is 19.7. The molecule has 0 unspecified atom stereocenters. The van der Waals surface area contributed by atoms with Gasteiger partial charge in [0.15, 0.2) is 5.82 Å². The van der Waals surface area contributed by atoms with E-state index in [9.17, 15) is 0 Å². The van der Waals surface area contributed by atoms with Crippen molar-refractivity contribution in [1.82, 2.24) is 14.9 Å². The molecular formula is C27H28N4. The second-order valence-electron chi connectivity index (χ2n) is 8.43. The van der Waals surface area contributed by atoms with Crippen molar-refractivity contribution in [3.05, 3.63) is 89.5 Å². The molecule has 0 N–H and O–H groups in total. The summed E-state index contributed by atoms with van der Waals surface area (Å²) in [7, 11) is 0. The van der Waals surface area contributed by atoms with Crippen LogP contribution in [0.3, 0.4) is 0 Å². The molecule has 1 aliphatic heterocycles. The number of nitrogens with zero attached hydrogens (tertiary/aromatic N) is 4. The van der Waals surface area contributed by atoms with E-state index in [0.29, 0.717) is 0 Å². The molecule has 1 aromatic heterocycles. The quantitative estimate of drug-likeness (QED) is 0.462. The van der Waals surface area contributed by atoms with Crippen molar-refractivity contribution < 1.29 is 0 Å². The highest BCUT2D eigenvalue weighted by molar-refractivity contribution is 5.83. The Morgan fingerprint density at radius 1 is 0.710 bits per heavy atom. The monoisotopic (exact) mass is 408 g/mol. The molecule has 0 spiro atoms. The van der Waals surface area contributed by atoms with Crippen LogP contribution in [0, 0.1) is 13.8 Å². The van der Waals surface area contributed by atoms with Gasteiger partial charge in [0.1, 0.15) is 5.69 Å². The predicted molar refractivity (Wildman–Crippen MR) is 128 cm³/mol. The molecule has 0 saturated carbocycles. The zero-order valence-electron chi connectivity index (χ0n) is 18.3. The van der Waals surface area contributed by atoms with E-state index in [1.165, 1.54) is 16.7 Å². The van der Waals surface area contributed by atoms with Crippen molar-refractivity contribution in [2.24, 2.45) is 0 Å². The van der Waals surface area contributed by atoms with Gasteiger partial charge in [0.2, 0.25) is 0 Å². The summed E-state index contributed by atoms with van der Waals surface area (Å²) in [5.74, 6) is 0.996. The molecule has 1 fully saturated rings. The maximum Gasteiger partial charge on any atom is 0.156 e. The summed E-state index contributed by atoms with van der Waals surface area (Å²) in [5.41, 5.74) is 8.11. The Balaban J connectivity index is 1.39. The van der Waals surface area contributed by atoms with E-state index in [1.807, 2.05) is 24.3 Å². The van der Waals surface area contributed by atoms with Gasteiger partial charge in [-0.05, 0) is 42.7 Å². The Bertz CT molecular complexity index is 1190. The number of benzene rings is 3. The van der Waals surface area contributed by atoms with Crippen molar-refractivity contribution in [3.8, 4) is 11.3 Å². The lowest BCUT2D eigenvalue weighted by atomic mass is 10.1. The van der Waals surface area contributed by atoms with Crippen LogP contribution in [-0.4, -0.2) is 41.0 Å². The molecule has 156 valence electrons. The van der Waals surface area contributed by atoms with E-state index in [4.69, 9.17) is 9.97 Å². The molecule has 3 aromatic carbocycles. The van der Waals surface area contributed by atoms with Crippen molar-refractivity contribution in [2.75, 3.05) is 31.1 Å². The molecule has 0 atom stereocenters. The zero-order valence-corrected chi connectivity index (χ0v) is 18.3. The number of aryl methyl sites for hydroxylation is 2. The summed E-state index contributed by atoms with van der Waals surface area (Å²) >= 11 is 0. The number of aromatic nitrogens is 2. The van der Waals surface area contributed by atoms with Gasteiger partial charge in [-0.25, -0.2) is 9.97 Å². The van der Waals surface area contributed by atoms with Crippen LogP contribution in [0.15, 0.2) is 72.8 Å². The second-order valence-corrected chi connectivity index (χ2v) is 8.43. The van der Waals surface area contributed by atoms with E-state index >= 15 is 0 Å². The fraction of sp³-hybridized carbons (Fsp3) is 0.259. The summed E-state index contributed by atoms with van der Waals surface area (Å²) in [6, 6.07) is 25.4. The Morgan fingerprint density at radius 3 is 2.10 bits per heavy atom. The van der Waals surface area contributed by atoms with Gasteiger partial charge in [0.05, 0.1) is 11.0 Å². The van der Waals surface area contributed by atoms with Gasteiger partial charge in [0.25, 0.3) is 0 Å². The SMILES string of the molecule is Cc1ccc(CN2CCN(c3nc4ccccc4nc3-c3ccccc3)CC2)cc1C. The van der Waals surface area contributed by atoms with Gasteiger partial charge in [-0.3, -0.25) is 4.90 Å². The number of fused-ring (bicyclic) bond motifs is 1. The first-order valence-corrected chi connectivity index (χ1v) is 11.0. The molecule has 4 heteroatoms. The third-order valence-electron chi connectivity index (χ3n) is 6.25. The van der Waals surface area contributed by atoms with E-state index < -0.39 is 0 Å². The third-order valence-corrected chi connectivity index (χ3v) is 6.25. The second kappa shape index (κ2) is 8.48. The topological polar surface area (TPSA) is 32.3 Å². The summed E-state index contributed by atoms with van der Waals surface area (Å²) < 4.78 is 0. The average molecular weight is 409 g/mol. The lowest BCUT2D eigenvalue weighted by Crippen LogP contribution is -2.46. The highest BCUT2D eigenvalue weighted by Crippen LogP contribution is 2.30. The minimum absolute atomic E-state index is 0.943. The number of hydrogen-bond donors (Lipinski definition) is 0. The van der Waals surface area contributed by atoms with Gasteiger partial charge in [-0.2, -0.15) is 0 Å². The van der Waals surface area contributed by atoms with Crippen LogP contribution in [-0.2, 0) is 6.54 Å². The highest BCUT2D eigenvalue weighted by Gasteiger charge is 2.22. The lowest BCUT2D eigenvalue weighted by molar-refractivity contribution is 0.249. The first-order valence-electron chi connectivity index (χ1n) is 11.0. The highest BCUT2D eigenvalue weighted by atomic mass is 15.3. The van der Waals surface area contributed by atoms with Crippen LogP contribution in [0.5, 0.6) is 0 Å². The molecule has 0 amide bonds. The molecule has 4 nitrogen and oxygen atoms in total. The van der Waals surface area contributed by atoms with Crippen LogP contribution >= 0.6 is 0 Å². The molecule has 4 aromatic rings. The van der Waals surface area contributed by atoms with E-state index in [2.05, 4.69) is 72.2 Å². The summed E-state index contributed by atoms with van der Waals surface area (Å²) in [4.78, 5) is 15.0. The smallest absolute Gasteiger partial charge is 0.156 e. The number of para-hydroxylation sites is 2.